The van der Waals surface area contributed by atoms with E-state index in [1.165, 1.54) is 18.0 Å². The number of H-pyrrole nitrogens is 1. The second kappa shape index (κ2) is 7.25. The zero-order valence-corrected chi connectivity index (χ0v) is 14.6. The molecule has 1 aromatic heterocycles. The summed E-state index contributed by atoms with van der Waals surface area (Å²) in [6.07, 6.45) is 0.687. The van der Waals surface area contributed by atoms with Crippen LogP contribution in [0, 0.1) is 12.7 Å². The Balaban J connectivity index is 1.85. The summed E-state index contributed by atoms with van der Waals surface area (Å²) in [7, 11) is 1.53. The third-order valence-electron chi connectivity index (χ3n) is 4.42. The topological polar surface area (TPSA) is 95.5 Å². The maximum absolute atomic E-state index is 13.4. The molecule has 1 atom stereocenters. The highest BCUT2D eigenvalue weighted by atomic mass is 19.1. The van der Waals surface area contributed by atoms with Gasteiger partial charge in [-0.3, -0.25) is 9.59 Å². The van der Waals surface area contributed by atoms with Crippen molar-refractivity contribution in [3.05, 3.63) is 57.0 Å². The average Bonchev–Trinajstić information content (AvgIpc) is 3.14. The molecule has 0 saturated carbocycles. The first-order chi connectivity index (χ1) is 12.4. The van der Waals surface area contributed by atoms with E-state index in [1.807, 2.05) is 0 Å². The second-order valence-corrected chi connectivity index (χ2v) is 6.45. The molecule has 7 nitrogen and oxygen atoms in total. The fourth-order valence-electron chi connectivity index (χ4n) is 2.91. The van der Waals surface area contributed by atoms with Crippen LogP contribution in [-0.2, 0) is 11.3 Å². The summed E-state index contributed by atoms with van der Waals surface area (Å²) < 4.78 is 18.7. The number of aromatic amines is 1. The van der Waals surface area contributed by atoms with Crippen LogP contribution in [0.25, 0.3) is 0 Å². The van der Waals surface area contributed by atoms with Gasteiger partial charge in [0.05, 0.1) is 6.61 Å². The van der Waals surface area contributed by atoms with Crippen LogP contribution < -0.4 is 5.56 Å². The number of hydrogen-bond donors (Lipinski definition) is 2. The van der Waals surface area contributed by atoms with Crippen LogP contribution >= 0.6 is 0 Å². The number of benzene rings is 1. The van der Waals surface area contributed by atoms with Gasteiger partial charge >= 0.3 is 0 Å². The van der Waals surface area contributed by atoms with Gasteiger partial charge < -0.3 is 19.7 Å². The summed E-state index contributed by atoms with van der Waals surface area (Å²) in [5.41, 5.74) is 0.158. The van der Waals surface area contributed by atoms with Crippen LogP contribution in [-0.4, -0.2) is 46.1 Å². The summed E-state index contributed by atoms with van der Waals surface area (Å²) in [5, 5.41) is 10.00. The highest BCUT2D eigenvalue weighted by Crippen LogP contribution is 2.23. The van der Waals surface area contributed by atoms with Gasteiger partial charge in [0.15, 0.2) is 5.69 Å². The van der Waals surface area contributed by atoms with E-state index in [-0.39, 0.29) is 24.0 Å². The fourth-order valence-corrected chi connectivity index (χ4v) is 2.91. The third-order valence-corrected chi connectivity index (χ3v) is 4.42. The number of aromatic hydroxyl groups is 1. The summed E-state index contributed by atoms with van der Waals surface area (Å²) in [5.74, 6) is -1.39. The molecule has 1 saturated heterocycles. The van der Waals surface area contributed by atoms with E-state index < -0.39 is 17.2 Å². The van der Waals surface area contributed by atoms with Crippen molar-refractivity contribution in [1.82, 2.24) is 14.9 Å². The molecule has 3 rings (SSSR count). The molecule has 1 amide bonds. The molecule has 2 heterocycles. The number of rotatable bonds is 4. The molecule has 26 heavy (non-hydrogen) atoms. The minimum Gasteiger partial charge on any atom is -0.501 e. The van der Waals surface area contributed by atoms with Gasteiger partial charge in [0.2, 0.25) is 5.75 Å². The lowest BCUT2D eigenvalue weighted by Crippen LogP contribution is -2.30. The Morgan fingerprint density at radius 3 is 2.92 bits per heavy atom. The fraction of sp³-hybridized carbons (Fsp3) is 0.389. The normalized spacial score (nSPS) is 16.7. The van der Waals surface area contributed by atoms with E-state index in [2.05, 4.69) is 9.97 Å². The minimum atomic E-state index is -0.753. The van der Waals surface area contributed by atoms with Gasteiger partial charge in [-0.05, 0) is 30.5 Å². The summed E-state index contributed by atoms with van der Waals surface area (Å²) in [6, 6.07) is 4.56. The summed E-state index contributed by atoms with van der Waals surface area (Å²) >= 11 is 0. The zero-order chi connectivity index (χ0) is 18.8. The molecule has 1 aromatic carbocycles. The van der Waals surface area contributed by atoms with Crippen LogP contribution in [0.2, 0.25) is 0 Å². The molecule has 8 heteroatoms. The Hall–Kier alpha value is -2.74. The molecule has 138 valence electrons. The third kappa shape index (κ3) is 3.60. The van der Waals surface area contributed by atoms with Crippen molar-refractivity contribution >= 4 is 5.91 Å². The number of nitrogens with one attached hydrogen (secondary N) is 1. The predicted octanol–water partition coefficient (Wildman–Crippen LogP) is 1.70. The quantitative estimate of drug-likeness (QED) is 0.864. The van der Waals surface area contributed by atoms with E-state index >= 15 is 0 Å². The van der Waals surface area contributed by atoms with Crippen LogP contribution in [0.4, 0.5) is 4.39 Å². The molecular formula is C18H20FN3O4. The molecule has 0 bridgehead atoms. The summed E-state index contributed by atoms with van der Waals surface area (Å²) in [4.78, 5) is 32.7. The monoisotopic (exact) mass is 361 g/mol. The smallest absolute Gasteiger partial charge is 0.293 e. The van der Waals surface area contributed by atoms with Crippen molar-refractivity contribution in [3.8, 4) is 5.75 Å². The number of aromatic nitrogens is 2. The van der Waals surface area contributed by atoms with Crippen LogP contribution in [0.5, 0.6) is 5.75 Å². The Kier molecular flexibility index (Phi) is 5.03. The highest BCUT2D eigenvalue weighted by Gasteiger charge is 2.26. The molecule has 1 aliphatic rings. The van der Waals surface area contributed by atoms with Crippen molar-refractivity contribution in [2.45, 2.75) is 25.8 Å². The Morgan fingerprint density at radius 2 is 2.27 bits per heavy atom. The predicted molar refractivity (Wildman–Crippen MR) is 91.6 cm³/mol. The van der Waals surface area contributed by atoms with Gasteiger partial charge in [-0.2, -0.15) is 0 Å². The largest absolute Gasteiger partial charge is 0.501 e. The van der Waals surface area contributed by atoms with Gasteiger partial charge in [0, 0.05) is 26.1 Å². The lowest BCUT2D eigenvalue weighted by molar-refractivity contribution is 0.0774. The lowest BCUT2D eigenvalue weighted by atomic mass is 10.1. The molecular weight excluding hydrogens is 341 g/mol. The van der Waals surface area contributed by atoms with Crippen molar-refractivity contribution < 1.29 is 19.0 Å². The van der Waals surface area contributed by atoms with E-state index in [0.717, 1.165) is 5.56 Å². The first-order valence-corrected chi connectivity index (χ1v) is 8.28. The number of ether oxygens (including phenoxy) is 1. The van der Waals surface area contributed by atoms with E-state index in [0.29, 0.717) is 31.0 Å². The second-order valence-electron chi connectivity index (χ2n) is 6.45. The summed E-state index contributed by atoms with van der Waals surface area (Å²) in [6.45, 7) is 2.80. The first kappa shape index (κ1) is 18.1. The molecule has 0 spiro atoms. The highest BCUT2D eigenvalue weighted by molar-refractivity contribution is 5.94. The molecule has 1 aliphatic heterocycles. The van der Waals surface area contributed by atoms with Crippen LogP contribution in [0.1, 0.15) is 39.8 Å². The van der Waals surface area contributed by atoms with E-state index in [9.17, 15) is 19.1 Å². The average molecular weight is 361 g/mol. The van der Waals surface area contributed by atoms with Gasteiger partial charge in [0.25, 0.3) is 11.5 Å². The van der Waals surface area contributed by atoms with Crippen molar-refractivity contribution in [2.24, 2.45) is 0 Å². The number of carbonyl (C=O) groups is 1. The minimum absolute atomic E-state index is 0.111. The van der Waals surface area contributed by atoms with E-state index in [4.69, 9.17) is 4.74 Å². The number of nitrogens with zero attached hydrogens (tertiary/aromatic N) is 2. The molecule has 1 fully saturated rings. The van der Waals surface area contributed by atoms with Crippen molar-refractivity contribution in [2.75, 3.05) is 20.3 Å². The first-order valence-electron chi connectivity index (χ1n) is 8.28. The molecule has 0 radical (unpaired) electrons. The Labute approximate surface area is 149 Å². The molecule has 0 aliphatic carbocycles. The van der Waals surface area contributed by atoms with Crippen molar-refractivity contribution in [3.63, 3.8) is 0 Å². The zero-order valence-electron chi connectivity index (χ0n) is 14.6. The number of aryl methyl sites for hydroxylation is 1. The number of carbonyl (C=O) groups excluding carboxylic acids is 1. The lowest BCUT2D eigenvalue weighted by Gasteiger charge is -2.18. The van der Waals surface area contributed by atoms with Gasteiger partial charge in [0.1, 0.15) is 11.6 Å². The molecule has 2 aromatic rings. The van der Waals surface area contributed by atoms with E-state index in [1.54, 1.807) is 19.1 Å². The van der Waals surface area contributed by atoms with Crippen LogP contribution in [0.15, 0.2) is 23.0 Å². The molecule has 2 N–H and O–H groups in total. The van der Waals surface area contributed by atoms with Gasteiger partial charge in [-0.25, -0.2) is 9.37 Å². The number of amides is 1. The maximum atomic E-state index is 13.4. The number of hydrogen-bond acceptors (Lipinski definition) is 5. The maximum Gasteiger partial charge on any atom is 0.293 e. The van der Waals surface area contributed by atoms with Gasteiger partial charge in [-0.15, -0.1) is 0 Å². The Morgan fingerprint density at radius 1 is 1.50 bits per heavy atom. The van der Waals surface area contributed by atoms with Gasteiger partial charge in [-0.1, -0.05) is 12.1 Å². The molecule has 1 unspecified atom stereocenters. The van der Waals surface area contributed by atoms with Crippen molar-refractivity contribution in [1.29, 1.82) is 0 Å². The van der Waals surface area contributed by atoms with Crippen LogP contribution in [0.3, 0.4) is 0 Å². The number of halogens is 1. The standard InChI is InChI=1S/C18H20FN3O4/c1-10-7-11(3-4-13(10)19)8-22(2)18(25)14-15(23)17(24)21-16(20-14)12-5-6-26-9-12/h3-4,7,12,23H,5-6,8-9H2,1-2H3,(H,20,21,24). The SMILES string of the molecule is Cc1cc(CN(C)C(=O)c2nc(C3CCOC3)[nH]c(=O)c2O)ccc1F. The Bertz CT molecular complexity index is 890.